The summed E-state index contributed by atoms with van der Waals surface area (Å²) < 4.78 is 11.4. The van der Waals surface area contributed by atoms with Crippen LogP contribution in [0.25, 0.3) is 0 Å². The maximum atomic E-state index is 12.5. The van der Waals surface area contributed by atoms with Gasteiger partial charge in [0.05, 0.1) is 10.7 Å². The first-order valence-corrected chi connectivity index (χ1v) is 11.1. The number of amides is 1. The first-order chi connectivity index (χ1) is 14.6. The molecule has 1 aliphatic carbocycles. The summed E-state index contributed by atoms with van der Waals surface area (Å²) in [4.78, 5) is 23.6. The standard InChI is InChI=1S/C22H24N2O5S/c25-21(14-30-18-6-4-17(5-7-18)24(26)27)23-15-22(9-1-2-10-22)16-3-8-19-20(13-16)29-12-11-28-19/h3-8,13H,1-2,9-12,14-15H2,(H,23,25). The number of benzene rings is 2. The number of nitro benzene ring substituents is 1. The summed E-state index contributed by atoms with van der Waals surface area (Å²) in [6.07, 6.45) is 4.34. The molecular formula is C22H24N2O5S. The number of hydrogen-bond acceptors (Lipinski definition) is 6. The normalized spacial score (nSPS) is 16.8. The molecule has 1 fully saturated rings. The van der Waals surface area contributed by atoms with E-state index in [0.29, 0.717) is 19.8 Å². The van der Waals surface area contributed by atoms with Crippen molar-refractivity contribution in [3.05, 3.63) is 58.1 Å². The van der Waals surface area contributed by atoms with Crippen molar-refractivity contribution in [2.24, 2.45) is 0 Å². The van der Waals surface area contributed by atoms with E-state index in [-0.39, 0.29) is 22.8 Å². The van der Waals surface area contributed by atoms with Gasteiger partial charge in [0.15, 0.2) is 11.5 Å². The van der Waals surface area contributed by atoms with Crippen LogP contribution >= 0.6 is 11.8 Å². The number of non-ortho nitro benzene ring substituents is 1. The summed E-state index contributed by atoms with van der Waals surface area (Å²) in [6, 6.07) is 12.4. The van der Waals surface area contributed by atoms with Gasteiger partial charge in [-0.1, -0.05) is 18.9 Å². The highest BCUT2D eigenvalue weighted by Gasteiger charge is 2.36. The number of ether oxygens (including phenoxy) is 2. The van der Waals surface area contributed by atoms with Crippen LogP contribution in [0, 0.1) is 10.1 Å². The predicted molar refractivity (Wildman–Crippen MR) is 114 cm³/mol. The van der Waals surface area contributed by atoms with Gasteiger partial charge in [-0.2, -0.15) is 0 Å². The number of nitrogens with one attached hydrogen (secondary N) is 1. The maximum absolute atomic E-state index is 12.5. The molecule has 30 heavy (non-hydrogen) atoms. The van der Waals surface area contributed by atoms with Crippen LogP contribution in [-0.2, 0) is 10.2 Å². The largest absolute Gasteiger partial charge is 0.486 e. The van der Waals surface area contributed by atoms with Gasteiger partial charge in [0, 0.05) is 29.0 Å². The minimum absolute atomic E-state index is 0.0397. The minimum Gasteiger partial charge on any atom is -0.486 e. The molecule has 0 spiro atoms. The Kier molecular flexibility index (Phi) is 6.13. The third kappa shape index (κ3) is 4.53. The van der Waals surface area contributed by atoms with Crippen molar-refractivity contribution in [2.75, 3.05) is 25.5 Å². The van der Waals surface area contributed by atoms with Crippen LogP contribution in [-0.4, -0.2) is 36.3 Å². The molecule has 1 heterocycles. The molecule has 2 aromatic carbocycles. The molecule has 2 aliphatic rings. The van der Waals surface area contributed by atoms with Gasteiger partial charge in [-0.25, -0.2) is 0 Å². The lowest BCUT2D eigenvalue weighted by atomic mass is 9.78. The Balaban J connectivity index is 1.36. The number of hydrogen-bond donors (Lipinski definition) is 1. The van der Waals surface area contributed by atoms with Crippen molar-refractivity contribution in [1.82, 2.24) is 5.32 Å². The van der Waals surface area contributed by atoms with Gasteiger partial charge in [-0.15, -0.1) is 11.8 Å². The molecule has 1 amide bonds. The van der Waals surface area contributed by atoms with E-state index in [1.165, 1.54) is 29.5 Å². The number of rotatable bonds is 7. The third-order valence-electron chi connectivity index (χ3n) is 5.76. The SMILES string of the molecule is O=C(CSc1ccc([N+](=O)[O-])cc1)NCC1(c2ccc3c(c2)OCCO3)CCCC1. The number of fused-ring (bicyclic) bond motifs is 1. The van der Waals surface area contributed by atoms with Crippen LogP contribution in [0.4, 0.5) is 5.69 Å². The molecule has 2 aromatic rings. The fourth-order valence-corrected chi connectivity index (χ4v) is 4.85. The molecule has 0 unspecified atom stereocenters. The Morgan fingerprint density at radius 1 is 1.07 bits per heavy atom. The quantitative estimate of drug-likeness (QED) is 0.406. The summed E-state index contributed by atoms with van der Waals surface area (Å²) in [5.74, 6) is 1.80. The Labute approximate surface area is 179 Å². The number of thioether (sulfide) groups is 1. The topological polar surface area (TPSA) is 90.7 Å². The molecule has 0 atom stereocenters. The van der Waals surface area contributed by atoms with E-state index in [0.717, 1.165) is 42.1 Å². The Bertz CT molecular complexity index is 926. The highest BCUT2D eigenvalue weighted by molar-refractivity contribution is 8.00. The van der Waals surface area contributed by atoms with Crippen LogP contribution in [0.2, 0.25) is 0 Å². The van der Waals surface area contributed by atoms with Crippen molar-refractivity contribution in [3.8, 4) is 11.5 Å². The van der Waals surface area contributed by atoms with E-state index in [1.54, 1.807) is 12.1 Å². The average Bonchev–Trinajstić information content (AvgIpc) is 3.26. The highest BCUT2D eigenvalue weighted by atomic mass is 32.2. The molecule has 1 saturated carbocycles. The van der Waals surface area contributed by atoms with Crippen molar-refractivity contribution < 1.29 is 19.2 Å². The predicted octanol–water partition coefficient (Wildman–Crippen LogP) is 4.09. The highest BCUT2D eigenvalue weighted by Crippen LogP contribution is 2.43. The van der Waals surface area contributed by atoms with Gasteiger partial charge in [0.25, 0.3) is 5.69 Å². The van der Waals surface area contributed by atoms with Gasteiger partial charge in [-0.3, -0.25) is 14.9 Å². The lowest BCUT2D eigenvalue weighted by Gasteiger charge is -2.31. The van der Waals surface area contributed by atoms with Crippen LogP contribution in [0.5, 0.6) is 11.5 Å². The summed E-state index contributed by atoms with van der Waals surface area (Å²) in [7, 11) is 0. The Morgan fingerprint density at radius 2 is 1.77 bits per heavy atom. The lowest BCUT2D eigenvalue weighted by Crippen LogP contribution is -2.39. The molecule has 1 aliphatic heterocycles. The van der Waals surface area contributed by atoms with Crippen LogP contribution in [0.15, 0.2) is 47.4 Å². The smallest absolute Gasteiger partial charge is 0.269 e. The lowest BCUT2D eigenvalue weighted by molar-refractivity contribution is -0.384. The molecule has 7 nitrogen and oxygen atoms in total. The van der Waals surface area contributed by atoms with E-state index in [1.807, 2.05) is 6.07 Å². The van der Waals surface area contributed by atoms with E-state index >= 15 is 0 Å². The van der Waals surface area contributed by atoms with Crippen molar-refractivity contribution in [1.29, 1.82) is 0 Å². The Hall–Kier alpha value is -2.74. The van der Waals surface area contributed by atoms with Crippen LogP contribution in [0.1, 0.15) is 31.2 Å². The van der Waals surface area contributed by atoms with Gasteiger partial charge in [0.2, 0.25) is 5.91 Å². The average molecular weight is 429 g/mol. The van der Waals surface area contributed by atoms with E-state index in [4.69, 9.17) is 9.47 Å². The summed E-state index contributed by atoms with van der Waals surface area (Å²) in [5.41, 5.74) is 1.16. The fraction of sp³-hybridized carbons (Fsp3) is 0.409. The molecule has 0 aromatic heterocycles. The number of carbonyl (C=O) groups is 1. The second-order valence-electron chi connectivity index (χ2n) is 7.66. The molecule has 8 heteroatoms. The van der Waals surface area contributed by atoms with Crippen LogP contribution in [0.3, 0.4) is 0 Å². The molecule has 1 N–H and O–H groups in total. The van der Waals surface area contributed by atoms with Gasteiger partial charge in [-0.05, 0) is 42.7 Å². The van der Waals surface area contributed by atoms with Gasteiger partial charge >= 0.3 is 0 Å². The minimum atomic E-state index is -0.430. The van der Waals surface area contributed by atoms with E-state index < -0.39 is 4.92 Å². The monoisotopic (exact) mass is 428 g/mol. The van der Waals surface area contributed by atoms with Crippen molar-refractivity contribution in [3.63, 3.8) is 0 Å². The van der Waals surface area contributed by atoms with Gasteiger partial charge < -0.3 is 14.8 Å². The second-order valence-corrected chi connectivity index (χ2v) is 8.71. The zero-order chi connectivity index (χ0) is 21.0. The summed E-state index contributed by atoms with van der Waals surface area (Å²) in [6.45, 7) is 1.71. The molecule has 0 saturated heterocycles. The first-order valence-electron chi connectivity index (χ1n) is 10.1. The summed E-state index contributed by atoms with van der Waals surface area (Å²) in [5, 5.41) is 13.8. The molecule has 158 valence electrons. The maximum Gasteiger partial charge on any atom is 0.269 e. The Morgan fingerprint density at radius 3 is 2.47 bits per heavy atom. The zero-order valence-corrected chi connectivity index (χ0v) is 17.4. The first kappa shape index (κ1) is 20.5. The molecule has 0 bridgehead atoms. The third-order valence-corrected chi connectivity index (χ3v) is 6.77. The summed E-state index contributed by atoms with van der Waals surface area (Å²) >= 11 is 1.37. The van der Waals surface area contributed by atoms with Gasteiger partial charge in [0.1, 0.15) is 13.2 Å². The van der Waals surface area contributed by atoms with Crippen molar-refractivity contribution in [2.45, 2.75) is 36.0 Å². The molecule has 0 radical (unpaired) electrons. The number of nitrogens with zero attached hydrogens (tertiary/aromatic N) is 1. The molecular weight excluding hydrogens is 404 g/mol. The van der Waals surface area contributed by atoms with Crippen molar-refractivity contribution >= 4 is 23.4 Å². The van der Waals surface area contributed by atoms with Crippen LogP contribution < -0.4 is 14.8 Å². The van der Waals surface area contributed by atoms with E-state index in [9.17, 15) is 14.9 Å². The second kappa shape index (κ2) is 8.95. The van der Waals surface area contributed by atoms with E-state index in [2.05, 4.69) is 17.4 Å². The molecule has 4 rings (SSSR count). The zero-order valence-electron chi connectivity index (χ0n) is 16.6. The number of nitro groups is 1. The fourth-order valence-electron chi connectivity index (χ4n) is 4.12. The number of carbonyl (C=O) groups excluding carboxylic acids is 1.